The summed E-state index contributed by atoms with van der Waals surface area (Å²) in [4.78, 5) is 3.80. The standard InChI is InChI=1S/C8H6ClNO/c1-3-6-5-10-8(9)4-7(6)11-2/h1,4-5H,2H3. The fourth-order valence-electron chi connectivity index (χ4n) is 0.690. The molecule has 0 aliphatic rings. The molecule has 0 saturated heterocycles. The average molecular weight is 168 g/mol. The Labute approximate surface area is 70.2 Å². The molecule has 0 N–H and O–H groups in total. The summed E-state index contributed by atoms with van der Waals surface area (Å²) in [6.07, 6.45) is 6.66. The summed E-state index contributed by atoms with van der Waals surface area (Å²) in [5, 5.41) is 0.376. The van der Waals surface area contributed by atoms with Gasteiger partial charge in [0.15, 0.2) is 0 Å². The van der Waals surface area contributed by atoms with Crippen LogP contribution in [0, 0.1) is 12.3 Å². The number of hydrogen-bond donors (Lipinski definition) is 0. The molecule has 0 radical (unpaired) electrons. The topological polar surface area (TPSA) is 22.1 Å². The van der Waals surface area contributed by atoms with E-state index in [1.165, 1.54) is 13.3 Å². The second-order valence-electron chi connectivity index (χ2n) is 1.85. The van der Waals surface area contributed by atoms with Crippen molar-refractivity contribution in [3.05, 3.63) is 23.0 Å². The summed E-state index contributed by atoms with van der Waals surface area (Å²) < 4.78 is 4.95. The summed E-state index contributed by atoms with van der Waals surface area (Å²) in [6.45, 7) is 0. The molecule has 0 bridgehead atoms. The van der Waals surface area contributed by atoms with Crippen LogP contribution in [-0.2, 0) is 0 Å². The third-order valence-corrected chi connectivity index (χ3v) is 1.41. The van der Waals surface area contributed by atoms with E-state index in [0.717, 1.165) is 0 Å². The van der Waals surface area contributed by atoms with Crippen LogP contribution in [0.15, 0.2) is 12.3 Å². The molecule has 0 aromatic carbocycles. The lowest BCUT2D eigenvalue weighted by molar-refractivity contribution is 0.413. The van der Waals surface area contributed by atoms with Crippen molar-refractivity contribution in [3.63, 3.8) is 0 Å². The molecule has 0 amide bonds. The van der Waals surface area contributed by atoms with Crippen molar-refractivity contribution in [2.24, 2.45) is 0 Å². The first-order valence-electron chi connectivity index (χ1n) is 2.94. The second-order valence-corrected chi connectivity index (χ2v) is 2.24. The van der Waals surface area contributed by atoms with Gasteiger partial charge < -0.3 is 4.74 Å². The molecule has 0 spiro atoms. The lowest BCUT2D eigenvalue weighted by Gasteiger charge is -2.01. The van der Waals surface area contributed by atoms with Crippen molar-refractivity contribution in [2.45, 2.75) is 0 Å². The molecule has 1 rings (SSSR count). The zero-order valence-electron chi connectivity index (χ0n) is 5.97. The van der Waals surface area contributed by atoms with Gasteiger partial charge in [-0.25, -0.2) is 4.98 Å². The van der Waals surface area contributed by atoms with Crippen molar-refractivity contribution in [3.8, 4) is 18.1 Å². The SMILES string of the molecule is C#Cc1cnc(Cl)cc1OC. The maximum Gasteiger partial charge on any atom is 0.139 e. The quantitative estimate of drug-likeness (QED) is 0.470. The Morgan fingerprint density at radius 1 is 1.73 bits per heavy atom. The van der Waals surface area contributed by atoms with Crippen LogP contribution in [0.25, 0.3) is 0 Å². The fourth-order valence-corrected chi connectivity index (χ4v) is 0.838. The van der Waals surface area contributed by atoms with Gasteiger partial charge in [0.2, 0.25) is 0 Å². The van der Waals surface area contributed by atoms with E-state index in [2.05, 4.69) is 10.9 Å². The number of pyridine rings is 1. The van der Waals surface area contributed by atoms with Gasteiger partial charge in [0.25, 0.3) is 0 Å². The molecule has 0 atom stereocenters. The van der Waals surface area contributed by atoms with E-state index in [1.807, 2.05) is 0 Å². The third-order valence-electron chi connectivity index (χ3n) is 1.21. The van der Waals surface area contributed by atoms with E-state index >= 15 is 0 Å². The zero-order chi connectivity index (χ0) is 8.27. The van der Waals surface area contributed by atoms with E-state index in [0.29, 0.717) is 16.5 Å². The predicted octanol–water partition coefficient (Wildman–Crippen LogP) is 1.72. The Balaban J connectivity index is 3.19. The Morgan fingerprint density at radius 2 is 2.45 bits per heavy atom. The van der Waals surface area contributed by atoms with Gasteiger partial charge in [0.1, 0.15) is 10.9 Å². The maximum atomic E-state index is 5.59. The Morgan fingerprint density at radius 3 is 3.00 bits per heavy atom. The van der Waals surface area contributed by atoms with Gasteiger partial charge in [0.05, 0.1) is 12.7 Å². The average Bonchev–Trinajstić information content (AvgIpc) is 2.04. The third kappa shape index (κ3) is 1.63. The van der Waals surface area contributed by atoms with Crippen molar-refractivity contribution in [1.29, 1.82) is 0 Å². The first-order chi connectivity index (χ1) is 5.27. The molecule has 11 heavy (non-hydrogen) atoms. The minimum Gasteiger partial charge on any atom is -0.495 e. The maximum absolute atomic E-state index is 5.59. The summed E-state index contributed by atoms with van der Waals surface area (Å²) in [5.41, 5.74) is 0.608. The van der Waals surface area contributed by atoms with E-state index in [1.54, 1.807) is 6.07 Å². The van der Waals surface area contributed by atoms with Crippen LogP contribution < -0.4 is 4.74 Å². The highest BCUT2D eigenvalue weighted by atomic mass is 35.5. The molecule has 1 aromatic rings. The van der Waals surface area contributed by atoms with Crippen LogP contribution in [0.2, 0.25) is 5.15 Å². The Bertz CT molecular complexity index is 303. The van der Waals surface area contributed by atoms with Crippen LogP contribution in [0.3, 0.4) is 0 Å². The van der Waals surface area contributed by atoms with Gasteiger partial charge in [-0.3, -0.25) is 0 Å². The summed E-state index contributed by atoms with van der Waals surface area (Å²) in [7, 11) is 1.53. The Kier molecular flexibility index (Phi) is 2.35. The molecular weight excluding hydrogens is 162 g/mol. The van der Waals surface area contributed by atoms with Crippen molar-refractivity contribution >= 4 is 11.6 Å². The number of ether oxygens (including phenoxy) is 1. The number of hydrogen-bond acceptors (Lipinski definition) is 2. The van der Waals surface area contributed by atoms with Crippen LogP contribution in [-0.4, -0.2) is 12.1 Å². The molecule has 0 fully saturated rings. The fraction of sp³-hybridized carbons (Fsp3) is 0.125. The van der Waals surface area contributed by atoms with Gasteiger partial charge in [-0.2, -0.15) is 0 Å². The van der Waals surface area contributed by atoms with E-state index in [-0.39, 0.29) is 0 Å². The summed E-state index contributed by atoms with van der Waals surface area (Å²) in [5.74, 6) is 3.00. The molecule has 2 nitrogen and oxygen atoms in total. The molecule has 3 heteroatoms. The molecule has 56 valence electrons. The zero-order valence-corrected chi connectivity index (χ0v) is 6.72. The minimum absolute atomic E-state index is 0.376. The summed E-state index contributed by atoms with van der Waals surface area (Å²) in [6, 6.07) is 1.58. The number of halogens is 1. The minimum atomic E-state index is 0.376. The van der Waals surface area contributed by atoms with Gasteiger partial charge in [-0.15, -0.1) is 6.42 Å². The van der Waals surface area contributed by atoms with Gasteiger partial charge in [0, 0.05) is 12.3 Å². The number of terminal acetylenes is 1. The van der Waals surface area contributed by atoms with Crippen molar-refractivity contribution < 1.29 is 4.74 Å². The molecule has 0 saturated carbocycles. The van der Waals surface area contributed by atoms with Gasteiger partial charge in [-0.05, 0) is 0 Å². The largest absolute Gasteiger partial charge is 0.495 e. The molecule has 1 heterocycles. The lowest BCUT2D eigenvalue weighted by Crippen LogP contribution is -1.88. The smallest absolute Gasteiger partial charge is 0.139 e. The monoisotopic (exact) mass is 167 g/mol. The van der Waals surface area contributed by atoms with Gasteiger partial charge in [-0.1, -0.05) is 17.5 Å². The lowest BCUT2D eigenvalue weighted by atomic mass is 10.3. The van der Waals surface area contributed by atoms with Crippen LogP contribution >= 0.6 is 11.6 Å². The van der Waals surface area contributed by atoms with Crippen molar-refractivity contribution in [1.82, 2.24) is 4.98 Å². The number of rotatable bonds is 1. The van der Waals surface area contributed by atoms with E-state index < -0.39 is 0 Å². The molecule has 0 unspecified atom stereocenters. The van der Waals surface area contributed by atoms with Crippen LogP contribution in [0.5, 0.6) is 5.75 Å². The highest BCUT2D eigenvalue weighted by molar-refractivity contribution is 6.29. The van der Waals surface area contributed by atoms with E-state index in [4.69, 9.17) is 22.8 Å². The van der Waals surface area contributed by atoms with Crippen LogP contribution in [0.1, 0.15) is 5.56 Å². The number of nitrogens with zero attached hydrogens (tertiary/aromatic N) is 1. The van der Waals surface area contributed by atoms with Crippen molar-refractivity contribution in [2.75, 3.05) is 7.11 Å². The van der Waals surface area contributed by atoms with E-state index in [9.17, 15) is 0 Å². The normalized spacial score (nSPS) is 8.82. The first-order valence-corrected chi connectivity index (χ1v) is 3.32. The second kappa shape index (κ2) is 3.27. The highest BCUT2D eigenvalue weighted by Crippen LogP contribution is 2.19. The molecule has 0 aliphatic carbocycles. The predicted molar refractivity (Wildman–Crippen MR) is 43.7 cm³/mol. The summed E-state index contributed by atoms with van der Waals surface area (Å²) >= 11 is 5.59. The van der Waals surface area contributed by atoms with Crippen LogP contribution in [0.4, 0.5) is 0 Å². The molecule has 1 aromatic heterocycles. The number of methoxy groups -OCH3 is 1. The highest BCUT2D eigenvalue weighted by Gasteiger charge is 2.00. The molecule has 0 aliphatic heterocycles. The van der Waals surface area contributed by atoms with Gasteiger partial charge >= 0.3 is 0 Å². The molecular formula is C8H6ClNO. The Hall–Kier alpha value is -1.20. The number of aromatic nitrogens is 1. The first kappa shape index (κ1) is 7.90.